The van der Waals surface area contributed by atoms with Gasteiger partial charge in [-0.2, -0.15) is 11.8 Å². The molecule has 0 aromatic heterocycles. The van der Waals surface area contributed by atoms with Crippen LogP contribution in [0.25, 0.3) is 0 Å². The molecule has 17 heavy (non-hydrogen) atoms. The summed E-state index contributed by atoms with van der Waals surface area (Å²) in [4.78, 5) is 2.52. The first-order chi connectivity index (χ1) is 8.16. The predicted octanol–water partition coefficient (Wildman–Crippen LogP) is 1.46. The van der Waals surface area contributed by atoms with Gasteiger partial charge in [-0.15, -0.1) is 0 Å². The maximum Gasteiger partial charge on any atom is 0.0636 e. The minimum absolute atomic E-state index is 0.0422. The summed E-state index contributed by atoms with van der Waals surface area (Å²) in [6, 6.07) is 0. The Morgan fingerprint density at radius 1 is 1.29 bits per heavy atom. The van der Waals surface area contributed by atoms with Crippen molar-refractivity contribution in [1.82, 2.24) is 4.90 Å². The minimum Gasteiger partial charge on any atom is -0.392 e. The fraction of sp³-hybridized carbons (Fsp3) is 1.00. The summed E-state index contributed by atoms with van der Waals surface area (Å²) < 4.78 is 5.57. The van der Waals surface area contributed by atoms with Gasteiger partial charge in [-0.05, 0) is 31.8 Å². The Morgan fingerprint density at radius 2 is 1.94 bits per heavy atom. The fourth-order valence-electron chi connectivity index (χ4n) is 2.80. The van der Waals surface area contributed by atoms with E-state index < -0.39 is 0 Å². The minimum atomic E-state index is -0.0422. The summed E-state index contributed by atoms with van der Waals surface area (Å²) in [6.07, 6.45) is 1.41. The molecule has 0 amide bonds. The molecule has 4 heteroatoms. The molecule has 0 aliphatic carbocycles. The quantitative estimate of drug-likeness (QED) is 0.758. The van der Waals surface area contributed by atoms with E-state index in [9.17, 15) is 5.11 Å². The molecule has 0 spiro atoms. The SMILES string of the molecule is CC(C)OCCCN1CC2CSCC(C1)C2O. The predicted molar refractivity (Wildman–Crippen MR) is 72.5 cm³/mol. The number of ether oxygens (including phenoxy) is 1. The number of nitrogens with zero attached hydrogens (tertiary/aromatic N) is 1. The number of hydrogen-bond acceptors (Lipinski definition) is 4. The number of rotatable bonds is 5. The molecule has 0 radical (unpaired) electrons. The molecule has 2 aliphatic heterocycles. The zero-order valence-corrected chi connectivity index (χ0v) is 11.8. The smallest absolute Gasteiger partial charge is 0.0636 e. The van der Waals surface area contributed by atoms with Crippen LogP contribution in [-0.2, 0) is 4.74 Å². The van der Waals surface area contributed by atoms with Crippen molar-refractivity contribution in [3.8, 4) is 0 Å². The zero-order valence-electron chi connectivity index (χ0n) is 11.0. The summed E-state index contributed by atoms with van der Waals surface area (Å²) >= 11 is 2.01. The molecule has 2 atom stereocenters. The highest BCUT2D eigenvalue weighted by Gasteiger charge is 2.38. The molecule has 2 aliphatic rings. The number of piperidine rings is 1. The monoisotopic (exact) mass is 259 g/mol. The van der Waals surface area contributed by atoms with Crippen LogP contribution in [0.5, 0.6) is 0 Å². The van der Waals surface area contributed by atoms with Gasteiger partial charge in [0, 0.05) is 38.1 Å². The molecule has 2 bridgehead atoms. The average molecular weight is 259 g/mol. The molecule has 2 fully saturated rings. The normalized spacial score (nSPS) is 34.2. The van der Waals surface area contributed by atoms with E-state index in [4.69, 9.17) is 4.74 Å². The van der Waals surface area contributed by atoms with Crippen LogP contribution >= 0.6 is 11.8 Å². The lowest BCUT2D eigenvalue weighted by atomic mass is 9.87. The summed E-state index contributed by atoms with van der Waals surface area (Å²) in [6.45, 7) is 8.30. The second kappa shape index (κ2) is 6.41. The third-order valence-electron chi connectivity index (χ3n) is 3.69. The highest BCUT2D eigenvalue weighted by Crippen LogP contribution is 2.33. The summed E-state index contributed by atoms with van der Waals surface area (Å²) in [5.74, 6) is 3.27. The van der Waals surface area contributed by atoms with Crippen LogP contribution in [0, 0.1) is 11.8 Å². The van der Waals surface area contributed by atoms with Crippen molar-refractivity contribution < 1.29 is 9.84 Å². The number of fused-ring (bicyclic) bond motifs is 2. The van der Waals surface area contributed by atoms with Gasteiger partial charge in [0.2, 0.25) is 0 Å². The Kier molecular flexibility index (Phi) is 5.15. The van der Waals surface area contributed by atoms with Gasteiger partial charge in [-0.25, -0.2) is 0 Å². The lowest BCUT2D eigenvalue weighted by Crippen LogP contribution is -2.53. The molecule has 0 saturated carbocycles. The van der Waals surface area contributed by atoms with E-state index in [1.165, 1.54) is 0 Å². The largest absolute Gasteiger partial charge is 0.392 e. The van der Waals surface area contributed by atoms with Crippen molar-refractivity contribution in [2.24, 2.45) is 11.8 Å². The van der Waals surface area contributed by atoms with Crippen LogP contribution < -0.4 is 0 Å². The van der Waals surface area contributed by atoms with Gasteiger partial charge in [0.1, 0.15) is 0 Å². The van der Waals surface area contributed by atoms with Crippen molar-refractivity contribution >= 4 is 11.8 Å². The Balaban J connectivity index is 1.69. The van der Waals surface area contributed by atoms with Crippen LogP contribution in [0.3, 0.4) is 0 Å². The first kappa shape index (κ1) is 13.7. The van der Waals surface area contributed by atoms with E-state index in [0.717, 1.165) is 44.2 Å². The van der Waals surface area contributed by atoms with E-state index in [0.29, 0.717) is 17.9 Å². The van der Waals surface area contributed by atoms with Gasteiger partial charge in [0.25, 0.3) is 0 Å². The van der Waals surface area contributed by atoms with E-state index in [1.54, 1.807) is 0 Å². The summed E-state index contributed by atoms with van der Waals surface area (Å²) in [7, 11) is 0. The van der Waals surface area contributed by atoms with Crippen LogP contribution in [0.4, 0.5) is 0 Å². The van der Waals surface area contributed by atoms with Crippen molar-refractivity contribution in [1.29, 1.82) is 0 Å². The third kappa shape index (κ3) is 3.85. The van der Waals surface area contributed by atoms with E-state index in [-0.39, 0.29) is 6.10 Å². The first-order valence-corrected chi connectivity index (χ1v) is 7.92. The highest BCUT2D eigenvalue weighted by molar-refractivity contribution is 7.99. The molecule has 2 saturated heterocycles. The van der Waals surface area contributed by atoms with Crippen LogP contribution in [-0.4, -0.2) is 60.0 Å². The summed E-state index contributed by atoms with van der Waals surface area (Å²) in [5.41, 5.74) is 0. The molecule has 100 valence electrons. The van der Waals surface area contributed by atoms with Crippen LogP contribution in [0.2, 0.25) is 0 Å². The Bertz CT molecular complexity index is 223. The van der Waals surface area contributed by atoms with Gasteiger partial charge < -0.3 is 14.7 Å². The van der Waals surface area contributed by atoms with Crippen LogP contribution in [0.15, 0.2) is 0 Å². The Labute approximate surface area is 109 Å². The molecule has 2 heterocycles. The fourth-order valence-corrected chi connectivity index (χ4v) is 4.15. The molecule has 2 rings (SSSR count). The Morgan fingerprint density at radius 3 is 2.53 bits per heavy atom. The lowest BCUT2D eigenvalue weighted by Gasteiger charge is -2.44. The average Bonchev–Trinajstić information content (AvgIpc) is 2.25. The second-order valence-corrected chi connectivity index (χ2v) is 6.66. The number of likely N-dealkylation sites (tertiary alicyclic amines) is 1. The molecule has 3 nitrogen and oxygen atoms in total. The van der Waals surface area contributed by atoms with Crippen molar-refractivity contribution in [2.45, 2.75) is 32.5 Å². The van der Waals surface area contributed by atoms with Gasteiger partial charge in [-0.1, -0.05) is 0 Å². The van der Waals surface area contributed by atoms with Crippen molar-refractivity contribution in [3.63, 3.8) is 0 Å². The third-order valence-corrected chi connectivity index (χ3v) is 5.01. The highest BCUT2D eigenvalue weighted by atomic mass is 32.2. The molecular formula is C13H25NO2S. The lowest BCUT2D eigenvalue weighted by molar-refractivity contribution is -0.0124. The molecule has 2 unspecified atom stereocenters. The molecule has 0 aromatic carbocycles. The number of hydrogen-bond donors (Lipinski definition) is 1. The van der Waals surface area contributed by atoms with Crippen molar-refractivity contribution in [2.75, 3.05) is 37.7 Å². The summed E-state index contributed by atoms with van der Waals surface area (Å²) in [5, 5.41) is 10.1. The van der Waals surface area contributed by atoms with Gasteiger partial charge in [0.15, 0.2) is 0 Å². The standard InChI is InChI=1S/C13H25NO2S/c1-10(2)16-5-3-4-14-6-11-8-17-9-12(7-14)13(11)15/h10-13,15H,3-9H2,1-2H3. The number of aliphatic hydroxyl groups is 1. The maximum atomic E-state index is 10.1. The topological polar surface area (TPSA) is 32.7 Å². The van der Waals surface area contributed by atoms with E-state index >= 15 is 0 Å². The zero-order chi connectivity index (χ0) is 12.3. The Hall–Kier alpha value is 0.230. The number of aliphatic hydroxyl groups excluding tert-OH is 1. The maximum absolute atomic E-state index is 10.1. The van der Waals surface area contributed by atoms with Gasteiger partial charge >= 0.3 is 0 Å². The number of thioether (sulfide) groups is 1. The van der Waals surface area contributed by atoms with E-state index in [2.05, 4.69) is 18.7 Å². The van der Waals surface area contributed by atoms with Gasteiger partial charge in [0.05, 0.1) is 12.2 Å². The molecule has 0 aromatic rings. The van der Waals surface area contributed by atoms with Crippen LogP contribution in [0.1, 0.15) is 20.3 Å². The second-order valence-electron chi connectivity index (χ2n) is 5.58. The van der Waals surface area contributed by atoms with Gasteiger partial charge in [-0.3, -0.25) is 0 Å². The van der Waals surface area contributed by atoms with E-state index in [1.807, 2.05) is 11.8 Å². The first-order valence-electron chi connectivity index (χ1n) is 6.76. The van der Waals surface area contributed by atoms with Crippen molar-refractivity contribution in [3.05, 3.63) is 0 Å². The molecule has 1 N–H and O–H groups in total. The molecular weight excluding hydrogens is 234 g/mol.